The van der Waals surface area contributed by atoms with Gasteiger partial charge in [-0.25, -0.2) is 0 Å². The quantitative estimate of drug-likeness (QED) is 0.452. The first-order chi connectivity index (χ1) is 9.93. The Morgan fingerprint density at radius 2 is 1.67 bits per heavy atom. The molecule has 1 aliphatic heterocycles. The van der Waals surface area contributed by atoms with Gasteiger partial charge in [0.25, 0.3) is 5.97 Å². The minimum atomic E-state index is -1.10. The van der Waals surface area contributed by atoms with Crippen molar-refractivity contribution in [3.8, 4) is 0 Å². The van der Waals surface area contributed by atoms with Crippen LogP contribution in [0.3, 0.4) is 0 Å². The van der Waals surface area contributed by atoms with Crippen molar-refractivity contribution in [1.82, 2.24) is 4.90 Å². The average molecular weight is 308 g/mol. The van der Waals surface area contributed by atoms with Crippen LogP contribution in [0, 0.1) is 0 Å². The van der Waals surface area contributed by atoms with Crippen LogP contribution in [-0.4, -0.2) is 71.5 Å². The third kappa shape index (κ3) is 32.7. The van der Waals surface area contributed by atoms with Crippen molar-refractivity contribution >= 4 is 13.1 Å². The van der Waals surface area contributed by atoms with Crippen LogP contribution in [0.15, 0.2) is 0 Å². The lowest BCUT2D eigenvalue weighted by molar-refractivity contribution is -0.134. The standard InChI is InChI=1S/C6H14N2.C4H11BO2.C2H4O2.CH4O/c7-3-6-8-4-1-2-5-8;1-2-3-4-5(6)7;1-2(3)4;1-2/h1-7H2;6-7H,2-4H2,1H3;1H3,(H,3,4);2H,1H3. The van der Waals surface area contributed by atoms with Gasteiger partial charge in [-0.1, -0.05) is 19.8 Å². The van der Waals surface area contributed by atoms with Crippen LogP contribution in [0.2, 0.25) is 6.32 Å². The summed E-state index contributed by atoms with van der Waals surface area (Å²) in [4.78, 5) is 11.4. The van der Waals surface area contributed by atoms with Gasteiger partial charge in [-0.05, 0) is 32.3 Å². The van der Waals surface area contributed by atoms with Gasteiger partial charge in [0.1, 0.15) is 0 Å². The third-order valence-corrected chi connectivity index (χ3v) is 2.46. The number of aliphatic carboxylic acids is 1. The van der Waals surface area contributed by atoms with E-state index in [1.165, 1.54) is 25.9 Å². The number of nitrogens with zero attached hydrogens (tertiary/aromatic N) is 1. The lowest BCUT2D eigenvalue weighted by atomic mass is 9.84. The topological polar surface area (TPSA) is 127 Å². The SMILES string of the molecule is CC(=O)O.CCCCB(O)O.CO.NCCN1CCCC1. The van der Waals surface area contributed by atoms with Gasteiger partial charge in [0.15, 0.2) is 0 Å². The van der Waals surface area contributed by atoms with E-state index in [0.717, 1.165) is 40.0 Å². The molecule has 0 radical (unpaired) electrons. The summed E-state index contributed by atoms with van der Waals surface area (Å²) < 4.78 is 0. The van der Waals surface area contributed by atoms with Crippen LogP contribution in [0.5, 0.6) is 0 Å². The maximum absolute atomic E-state index is 9.00. The highest BCUT2D eigenvalue weighted by atomic mass is 16.4. The van der Waals surface area contributed by atoms with Crippen molar-refractivity contribution in [2.75, 3.05) is 33.3 Å². The molecule has 128 valence electrons. The molecular weight excluding hydrogens is 275 g/mol. The second-order valence-corrected chi connectivity index (χ2v) is 4.48. The largest absolute Gasteiger partial charge is 0.481 e. The monoisotopic (exact) mass is 308 g/mol. The number of likely N-dealkylation sites (tertiary alicyclic amines) is 1. The van der Waals surface area contributed by atoms with Gasteiger partial charge in [0.05, 0.1) is 0 Å². The molecule has 1 fully saturated rings. The third-order valence-electron chi connectivity index (χ3n) is 2.46. The molecule has 0 spiro atoms. The maximum Gasteiger partial charge on any atom is 0.451 e. The Labute approximate surface area is 128 Å². The molecule has 0 aliphatic carbocycles. The lowest BCUT2D eigenvalue weighted by Gasteiger charge is -2.11. The Bertz CT molecular complexity index is 199. The Balaban J connectivity index is -0.000000229. The molecule has 0 saturated carbocycles. The number of unbranched alkanes of at least 4 members (excludes halogenated alkanes) is 1. The molecule has 21 heavy (non-hydrogen) atoms. The van der Waals surface area contributed by atoms with Crippen LogP contribution in [-0.2, 0) is 4.79 Å². The van der Waals surface area contributed by atoms with Gasteiger partial charge in [-0.3, -0.25) is 4.79 Å². The first-order valence-electron chi connectivity index (χ1n) is 7.36. The van der Waals surface area contributed by atoms with Crippen molar-refractivity contribution in [2.24, 2.45) is 5.73 Å². The van der Waals surface area contributed by atoms with Crippen molar-refractivity contribution < 1.29 is 25.1 Å². The summed E-state index contributed by atoms with van der Waals surface area (Å²) in [6.45, 7) is 7.57. The lowest BCUT2D eigenvalue weighted by Crippen LogP contribution is -2.26. The molecule has 0 aromatic rings. The van der Waals surface area contributed by atoms with Crippen molar-refractivity contribution in [1.29, 1.82) is 0 Å². The van der Waals surface area contributed by atoms with E-state index in [0.29, 0.717) is 6.32 Å². The normalized spacial score (nSPS) is 12.9. The van der Waals surface area contributed by atoms with Gasteiger partial charge in [0.2, 0.25) is 0 Å². The van der Waals surface area contributed by atoms with Crippen molar-refractivity contribution in [3.05, 3.63) is 0 Å². The van der Waals surface area contributed by atoms with E-state index in [9.17, 15) is 0 Å². The molecule has 8 heteroatoms. The van der Waals surface area contributed by atoms with Gasteiger partial charge in [-0.15, -0.1) is 0 Å². The van der Waals surface area contributed by atoms with E-state index in [1.807, 2.05) is 6.92 Å². The fourth-order valence-corrected chi connectivity index (χ4v) is 1.58. The molecule has 1 aliphatic rings. The molecule has 7 nitrogen and oxygen atoms in total. The van der Waals surface area contributed by atoms with Crippen molar-refractivity contribution in [2.45, 2.75) is 45.9 Å². The number of hydrogen-bond acceptors (Lipinski definition) is 6. The summed E-state index contributed by atoms with van der Waals surface area (Å²) in [6.07, 6.45) is 5.19. The molecule has 0 aromatic heterocycles. The summed E-state index contributed by atoms with van der Waals surface area (Å²) >= 11 is 0. The number of carboxylic acid groups (broad SMARTS) is 1. The van der Waals surface area contributed by atoms with E-state index in [1.54, 1.807) is 0 Å². The second kappa shape index (κ2) is 21.6. The van der Waals surface area contributed by atoms with E-state index >= 15 is 0 Å². The number of aliphatic hydroxyl groups excluding tert-OH is 1. The molecule has 0 unspecified atom stereocenters. The van der Waals surface area contributed by atoms with Crippen LogP contribution in [0.25, 0.3) is 0 Å². The fraction of sp³-hybridized carbons (Fsp3) is 0.923. The Hall–Kier alpha value is -0.665. The Morgan fingerprint density at radius 1 is 1.24 bits per heavy atom. The molecule has 6 N–H and O–H groups in total. The molecule has 1 saturated heterocycles. The minimum absolute atomic E-state index is 0.510. The predicted octanol–water partition coefficient (Wildman–Crippen LogP) is -0.000400. The molecule has 0 atom stereocenters. The van der Waals surface area contributed by atoms with Gasteiger partial charge >= 0.3 is 7.12 Å². The van der Waals surface area contributed by atoms with Crippen LogP contribution in [0.4, 0.5) is 0 Å². The summed E-state index contributed by atoms with van der Waals surface area (Å²) in [5, 5.41) is 30.9. The smallest absolute Gasteiger partial charge is 0.451 e. The van der Waals surface area contributed by atoms with Gasteiger partial charge in [-0.2, -0.15) is 0 Å². The highest BCUT2D eigenvalue weighted by molar-refractivity contribution is 6.40. The zero-order valence-electron chi connectivity index (χ0n) is 13.7. The van der Waals surface area contributed by atoms with Crippen molar-refractivity contribution in [3.63, 3.8) is 0 Å². The Kier molecular flexibility index (Phi) is 26.1. The molecule has 1 heterocycles. The van der Waals surface area contributed by atoms with Crippen LogP contribution >= 0.6 is 0 Å². The zero-order valence-corrected chi connectivity index (χ0v) is 13.7. The average Bonchev–Trinajstić information content (AvgIpc) is 2.92. The summed E-state index contributed by atoms with van der Waals surface area (Å²) in [5.74, 6) is -0.833. The summed E-state index contributed by atoms with van der Waals surface area (Å²) in [6, 6.07) is 0. The number of carboxylic acids is 1. The minimum Gasteiger partial charge on any atom is -0.481 e. The van der Waals surface area contributed by atoms with Crippen LogP contribution < -0.4 is 5.73 Å². The van der Waals surface area contributed by atoms with E-state index in [4.69, 9.17) is 30.8 Å². The molecular formula is C13H33BN2O5. The number of aliphatic hydroxyl groups is 1. The zero-order chi connectivity index (χ0) is 17.1. The van der Waals surface area contributed by atoms with E-state index in [-0.39, 0.29) is 0 Å². The van der Waals surface area contributed by atoms with Crippen LogP contribution in [0.1, 0.15) is 39.5 Å². The molecule has 0 amide bonds. The molecule has 1 rings (SSSR count). The maximum atomic E-state index is 9.00. The first-order valence-corrected chi connectivity index (χ1v) is 7.36. The second-order valence-electron chi connectivity index (χ2n) is 4.48. The number of rotatable bonds is 5. The van der Waals surface area contributed by atoms with E-state index in [2.05, 4.69) is 4.90 Å². The molecule has 0 aromatic carbocycles. The molecule has 0 bridgehead atoms. The van der Waals surface area contributed by atoms with E-state index < -0.39 is 13.1 Å². The Morgan fingerprint density at radius 3 is 1.90 bits per heavy atom. The number of hydrogen-bond donors (Lipinski definition) is 5. The highest BCUT2D eigenvalue weighted by Gasteiger charge is 2.08. The van der Waals surface area contributed by atoms with Gasteiger partial charge < -0.3 is 30.9 Å². The first kappa shape index (κ1) is 25.3. The number of carbonyl (C=O) groups is 1. The predicted molar refractivity (Wildman–Crippen MR) is 86.1 cm³/mol. The fourth-order valence-electron chi connectivity index (χ4n) is 1.58. The summed E-state index contributed by atoms with van der Waals surface area (Å²) in [5.41, 5.74) is 5.37. The van der Waals surface area contributed by atoms with Gasteiger partial charge in [0, 0.05) is 27.1 Å². The highest BCUT2D eigenvalue weighted by Crippen LogP contribution is 2.04. The number of nitrogens with two attached hydrogens (primary N) is 1. The summed E-state index contributed by atoms with van der Waals surface area (Å²) in [7, 11) is -0.0973.